The minimum Gasteiger partial charge on any atom is -0.349 e. The molecular formula is C8H16F3N3. The SMILES string of the molecule is CN(C)C(=NCCC(F)(F)F)N(C)C. The van der Waals surface area contributed by atoms with E-state index in [-0.39, 0.29) is 6.54 Å². The predicted octanol–water partition coefficient (Wildman–Crippen LogP) is 1.42. The summed E-state index contributed by atoms with van der Waals surface area (Å²) in [5, 5.41) is 0. The summed E-state index contributed by atoms with van der Waals surface area (Å²) in [6.45, 7) is -0.227. The largest absolute Gasteiger partial charge is 0.390 e. The lowest BCUT2D eigenvalue weighted by atomic mass is 10.4. The molecule has 0 aliphatic carbocycles. The maximum absolute atomic E-state index is 11.8. The number of hydrogen-bond donors (Lipinski definition) is 0. The Morgan fingerprint density at radius 1 is 1.07 bits per heavy atom. The van der Waals surface area contributed by atoms with Gasteiger partial charge in [-0.05, 0) is 0 Å². The van der Waals surface area contributed by atoms with Crippen LogP contribution in [0.2, 0.25) is 0 Å². The molecule has 0 bridgehead atoms. The molecule has 3 nitrogen and oxygen atoms in total. The average molecular weight is 211 g/mol. The number of halogens is 3. The van der Waals surface area contributed by atoms with Crippen LogP contribution in [-0.4, -0.2) is 56.7 Å². The first-order valence-corrected chi connectivity index (χ1v) is 4.20. The molecule has 0 aromatic carbocycles. The molecule has 0 aromatic rings. The van der Waals surface area contributed by atoms with Crippen LogP contribution in [0.5, 0.6) is 0 Å². The lowest BCUT2D eigenvalue weighted by Gasteiger charge is -2.22. The zero-order chi connectivity index (χ0) is 11.4. The van der Waals surface area contributed by atoms with Crippen LogP contribution in [0.1, 0.15) is 6.42 Å². The van der Waals surface area contributed by atoms with Crippen molar-refractivity contribution in [1.29, 1.82) is 0 Å². The molecule has 0 saturated heterocycles. The Bertz CT molecular complexity index is 186. The Labute approximate surface area is 82.2 Å². The van der Waals surface area contributed by atoms with Gasteiger partial charge in [-0.15, -0.1) is 0 Å². The highest BCUT2D eigenvalue weighted by molar-refractivity contribution is 5.79. The monoisotopic (exact) mass is 211 g/mol. The first kappa shape index (κ1) is 13.1. The van der Waals surface area contributed by atoms with Crippen molar-refractivity contribution >= 4 is 5.96 Å². The second kappa shape index (κ2) is 5.07. The smallest absolute Gasteiger partial charge is 0.349 e. The predicted molar refractivity (Wildman–Crippen MR) is 50.3 cm³/mol. The van der Waals surface area contributed by atoms with E-state index in [1.165, 1.54) is 0 Å². The van der Waals surface area contributed by atoms with Crippen molar-refractivity contribution in [3.8, 4) is 0 Å². The third kappa shape index (κ3) is 5.66. The highest BCUT2D eigenvalue weighted by Crippen LogP contribution is 2.18. The summed E-state index contributed by atoms with van der Waals surface area (Å²) in [5.74, 6) is 0.536. The summed E-state index contributed by atoms with van der Waals surface area (Å²) in [6, 6.07) is 0. The van der Waals surface area contributed by atoms with Gasteiger partial charge in [-0.3, -0.25) is 4.99 Å². The van der Waals surface area contributed by atoms with Crippen LogP contribution in [0, 0.1) is 0 Å². The molecule has 84 valence electrons. The van der Waals surface area contributed by atoms with Gasteiger partial charge >= 0.3 is 6.18 Å². The van der Waals surface area contributed by atoms with E-state index in [9.17, 15) is 13.2 Å². The fraction of sp³-hybridized carbons (Fsp3) is 0.875. The molecule has 0 radical (unpaired) electrons. The van der Waals surface area contributed by atoms with Crippen molar-refractivity contribution in [2.45, 2.75) is 12.6 Å². The fourth-order valence-corrected chi connectivity index (χ4v) is 0.966. The molecule has 0 saturated carbocycles. The molecule has 0 atom stereocenters. The number of alkyl halides is 3. The van der Waals surface area contributed by atoms with Gasteiger partial charge in [0, 0.05) is 28.2 Å². The summed E-state index contributed by atoms with van der Waals surface area (Å²) >= 11 is 0. The Morgan fingerprint density at radius 2 is 1.50 bits per heavy atom. The Kier molecular flexibility index (Phi) is 4.73. The highest BCUT2D eigenvalue weighted by Gasteiger charge is 2.26. The van der Waals surface area contributed by atoms with Crippen LogP contribution in [0.4, 0.5) is 13.2 Å². The molecule has 6 heteroatoms. The van der Waals surface area contributed by atoms with Crippen molar-refractivity contribution in [3.63, 3.8) is 0 Å². The van der Waals surface area contributed by atoms with Crippen LogP contribution >= 0.6 is 0 Å². The van der Waals surface area contributed by atoms with Gasteiger partial charge in [0.2, 0.25) is 0 Å². The molecule has 0 spiro atoms. The van der Waals surface area contributed by atoms with E-state index in [1.807, 2.05) is 0 Å². The van der Waals surface area contributed by atoms with E-state index in [4.69, 9.17) is 0 Å². The highest BCUT2D eigenvalue weighted by atomic mass is 19.4. The van der Waals surface area contributed by atoms with Crippen molar-refractivity contribution in [1.82, 2.24) is 9.80 Å². The molecule has 0 aromatic heterocycles. The zero-order valence-corrected chi connectivity index (χ0v) is 8.89. The molecule has 0 N–H and O–H groups in total. The summed E-state index contributed by atoms with van der Waals surface area (Å²) in [4.78, 5) is 7.21. The maximum atomic E-state index is 11.8. The van der Waals surface area contributed by atoms with Crippen molar-refractivity contribution in [2.75, 3.05) is 34.7 Å². The minimum atomic E-state index is -4.13. The van der Waals surface area contributed by atoms with Gasteiger partial charge < -0.3 is 9.80 Å². The van der Waals surface area contributed by atoms with Gasteiger partial charge in [0.05, 0.1) is 13.0 Å². The topological polar surface area (TPSA) is 18.8 Å². The van der Waals surface area contributed by atoms with Gasteiger partial charge in [-0.25, -0.2) is 0 Å². The first-order chi connectivity index (χ1) is 6.24. The van der Waals surface area contributed by atoms with Crippen LogP contribution < -0.4 is 0 Å². The summed E-state index contributed by atoms with van der Waals surface area (Å²) in [6.07, 6.45) is -5.01. The Morgan fingerprint density at radius 3 is 1.79 bits per heavy atom. The maximum Gasteiger partial charge on any atom is 0.390 e. The van der Waals surface area contributed by atoms with Gasteiger partial charge in [0.15, 0.2) is 5.96 Å². The van der Waals surface area contributed by atoms with E-state index in [1.54, 1.807) is 38.0 Å². The summed E-state index contributed by atoms with van der Waals surface area (Å²) < 4.78 is 35.4. The standard InChI is InChI=1S/C8H16F3N3/c1-13(2)7(14(3)4)12-6-5-8(9,10)11/h5-6H2,1-4H3. The van der Waals surface area contributed by atoms with E-state index in [0.29, 0.717) is 5.96 Å². The third-order valence-electron chi connectivity index (χ3n) is 1.45. The molecule has 0 unspecified atom stereocenters. The molecule has 14 heavy (non-hydrogen) atoms. The fourth-order valence-electron chi connectivity index (χ4n) is 0.966. The molecule has 0 amide bonds. The Balaban J connectivity index is 4.19. The number of nitrogens with zero attached hydrogens (tertiary/aromatic N) is 3. The molecule has 0 aliphatic rings. The normalized spacial score (nSPS) is 11.1. The van der Waals surface area contributed by atoms with Crippen LogP contribution in [0.25, 0.3) is 0 Å². The second-order valence-electron chi connectivity index (χ2n) is 3.34. The number of rotatable bonds is 2. The van der Waals surface area contributed by atoms with E-state index in [2.05, 4.69) is 4.99 Å². The quantitative estimate of drug-likeness (QED) is 0.508. The second-order valence-corrected chi connectivity index (χ2v) is 3.34. The van der Waals surface area contributed by atoms with Crippen LogP contribution in [0.3, 0.4) is 0 Å². The molecule has 0 aliphatic heterocycles. The van der Waals surface area contributed by atoms with Crippen LogP contribution in [0.15, 0.2) is 4.99 Å². The summed E-state index contributed by atoms with van der Waals surface area (Å²) in [7, 11) is 6.97. The zero-order valence-electron chi connectivity index (χ0n) is 8.89. The summed E-state index contributed by atoms with van der Waals surface area (Å²) in [5.41, 5.74) is 0. The van der Waals surface area contributed by atoms with Gasteiger partial charge in [-0.1, -0.05) is 0 Å². The number of hydrogen-bond acceptors (Lipinski definition) is 1. The lowest BCUT2D eigenvalue weighted by Crippen LogP contribution is -2.35. The van der Waals surface area contributed by atoms with Gasteiger partial charge in [0.1, 0.15) is 0 Å². The van der Waals surface area contributed by atoms with Crippen molar-refractivity contribution < 1.29 is 13.2 Å². The molecule has 0 rings (SSSR count). The number of aliphatic imine (C=N–C) groups is 1. The van der Waals surface area contributed by atoms with E-state index >= 15 is 0 Å². The average Bonchev–Trinajstić information content (AvgIpc) is 1.94. The lowest BCUT2D eigenvalue weighted by molar-refractivity contribution is -0.132. The third-order valence-corrected chi connectivity index (χ3v) is 1.45. The Hall–Kier alpha value is -0.940. The van der Waals surface area contributed by atoms with Crippen LogP contribution in [-0.2, 0) is 0 Å². The van der Waals surface area contributed by atoms with Crippen molar-refractivity contribution in [2.24, 2.45) is 4.99 Å². The van der Waals surface area contributed by atoms with E-state index < -0.39 is 12.6 Å². The van der Waals surface area contributed by atoms with Gasteiger partial charge in [0.25, 0.3) is 0 Å². The minimum absolute atomic E-state index is 0.227. The van der Waals surface area contributed by atoms with Crippen molar-refractivity contribution in [3.05, 3.63) is 0 Å². The number of guanidine groups is 1. The van der Waals surface area contributed by atoms with E-state index in [0.717, 1.165) is 0 Å². The molecular weight excluding hydrogens is 195 g/mol. The van der Waals surface area contributed by atoms with Gasteiger partial charge in [-0.2, -0.15) is 13.2 Å². The molecule has 0 fully saturated rings. The first-order valence-electron chi connectivity index (χ1n) is 4.20. The molecule has 0 heterocycles.